The van der Waals surface area contributed by atoms with E-state index in [9.17, 15) is 4.79 Å². The van der Waals surface area contributed by atoms with E-state index in [0.29, 0.717) is 18.1 Å². The molecule has 0 aliphatic carbocycles. The third kappa shape index (κ3) is 6.20. The average molecular weight is 660 g/mol. The van der Waals surface area contributed by atoms with Crippen LogP contribution >= 0.6 is 27.7 Å². The first-order chi connectivity index (χ1) is 21.1. The zero-order valence-electron chi connectivity index (χ0n) is 23.6. The van der Waals surface area contributed by atoms with Gasteiger partial charge in [0, 0.05) is 61.3 Å². The van der Waals surface area contributed by atoms with Crippen molar-refractivity contribution in [1.29, 1.82) is 0 Å². The Hall–Kier alpha value is -3.67. The highest BCUT2D eigenvalue weighted by Crippen LogP contribution is 2.33. The Balaban J connectivity index is 0.926. The van der Waals surface area contributed by atoms with Crippen molar-refractivity contribution in [2.75, 3.05) is 38.7 Å². The van der Waals surface area contributed by atoms with Crippen molar-refractivity contribution in [3.8, 4) is 11.5 Å². The van der Waals surface area contributed by atoms with E-state index in [4.69, 9.17) is 14.5 Å². The van der Waals surface area contributed by atoms with Crippen molar-refractivity contribution in [3.05, 3.63) is 82.3 Å². The molecule has 0 radical (unpaired) electrons. The van der Waals surface area contributed by atoms with Crippen molar-refractivity contribution in [2.45, 2.75) is 31.1 Å². The number of carbonyl (C=O) groups is 1. The Bertz CT molecular complexity index is 1770. The predicted octanol–water partition coefficient (Wildman–Crippen LogP) is 5.74. The molecule has 43 heavy (non-hydrogen) atoms. The Labute approximate surface area is 262 Å². The van der Waals surface area contributed by atoms with Gasteiger partial charge in [-0.1, -0.05) is 64.1 Å². The fourth-order valence-corrected chi connectivity index (χ4v) is 6.67. The Kier molecular flexibility index (Phi) is 8.18. The second kappa shape index (κ2) is 12.5. The summed E-state index contributed by atoms with van der Waals surface area (Å²) in [6.45, 7) is 5.06. The number of amides is 1. The van der Waals surface area contributed by atoms with Gasteiger partial charge in [0.1, 0.15) is 5.52 Å². The van der Waals surface area contributed by atoms with E-state index in [-0.39, 0.29) is 12.7 Å². The number of nitrogens with zero attached hydrogens (tertiary/aromatic N) is 6. The van der Waals surface area contributed by atoms with Gasteiger partial charge in [0.05, 0.1) is 5.52 Å². The zero-order chi connectivity index (χ0) is 29.2. The fraction of sp³-hybridized carbons (Fsp3) is 0.312. The number of hydrogen-bond donors (Lipinski definition) is 0. The van der Waals surface area contributed by atoms with Crippen LogP contribution in [0.2, 0.25) is 0 Å². The van der Waals surface area contributed by atoms with Crippen LogP contribution in [-0.2, 0) is 17.9 Å². The molecule has 0 bridgehead atoms. The number of fused-ring (bicyclic) bond motifs is 4. The molecule has 0 spiro atoms. The quantitative estimate of drug-likeness (QED) is 0.147. The van der Waals surface area contributed by atoms with Gasteiger partial charge in [-0.15, -0.1) is 10.2 Å². The monoisotopic (exact) mass is 658 g/mol. The lowest BCUT2D eigenvalue weighted by atomic mass is 10.1. The number of carbonyl (C=O) groups excluding carboxylic acids is 1. The zero-order valence-corrected chi connectivity index (χ0v) is 26.0. The maximum Gasteiger partial charge on any atom is 0.231 e. The summed E-state index contributed by atoms with van der Waals surface area (Å²) >= 11 is 5.08. The normalized spacial score (nSPS) is 15.0. The molecule has 1 saturated heterocycles. The van der Waals surface area contributed by atoms with Crippen LogP contribution in [0.15, 0.2) is 76.4 Å². The average Bonchev–Trinajstić information content (AvgIpc) is 3.63. The van der Waals surface area contributed by atoms with Gasteiger partial charge in [-0.3, -0.25) is 9.69 Å². The molecule has 0 atom stereocenters. The molecule has 2 aromatic heterocycles. The smallest absolute Gasteiger partial charge is 0.231 e. The van der Waals surface area contributed by atoms with Crippen LogP contribution in [-0.4, -0.2) is 74.2 Å². The Morgan fingerprint density at radius 3 is 2.53 bits per heavy atom. The minimum absolute atomic E-state index is 0.215. The van der Waals surface area contributed by atoms with E-state index in [2.05, 4.69) is 84.1 Å². The third-order valence-corrected chi connectivity index (χ3v) is 9.40. The summed E-state index contributed by atoms with van der Waals surface area (Å²) in [6.07, 6.45) is 1.29. The van der Waals surface area contributed by atoms with Crippen LogP contribution in [0, 0.1) is 0 Å². The second-order valence-electron chi connectivity index (χ2n) is 10.8. The van der Waals surface area contributed by atoms with Crippen LogP contribution < -0.4 is 9.47 Å². The standard InChI is InChI=1S/C32H31BrN6O3S/c33-24-10-7-22(8-11-24)20-39-26-5-2-1-4-25(26)30-31(39)34-32(36-35-30)43-17-3-6-29(40)38-15-13-37(14-16-38)19-23-9-12-27-28(18-23)42-21-41-27/h1-2,4-5,7-12,18H,3,6,13-17,19-21H2. The van der Waals surface area contributed by atoms with Crippen LogP contribution in [0.25, 0.3) is 22.1 Å². The van der Waals surface area contributed by atoms with Crippen LogP contribution in [0.4, 0.5) is 0 Å². The van der Waals surface area contributed by atoms with E-state index in [0.717, 1.165) is 82.9 Å². The van der Waals surface area contributed by atoms with Crippen molar-refractivity contribution in [2.24, 2.45) is 0 Å². The number of halogens is 1. The lowest BCUT2D eigenvalue weighted by Gasteiger charge is -2.34. The van der Waals surface area contributed by atoms with Gasteiger partial charge < -0.3 is 18.9 Å². The molecule has 2 aliphatic heterocycles. The SMILES string of the molecule is O=C(CCCSc1nnc2c3ccccc3n(Cc3ccc(Br)cc3)c2n1)N1CCN(Cc2ccc3c(c2)OCO3)CC1. The molecule has 2 aliphatic rings. The topological polar surface area (TPSA) is 85.6 Å². The van der Waals surface area contributed by atoms with Crippen molar-refractivity contribution in [3.63, 3.8) is 0 Å². The van der Waals surface area contributed by atoms with Crippen molar-refractivity contribution >= 4 is 55.7 Å². The van der Waals surface area contributed by atoms with Gasteiger partial charge >= 0.3 is 0 Å². The van der Waals surface area contributed by atoms with E-state index in [1.807, 2.05) is 23.1 Å². The molecule has 4 heterocycles. The highest BCUT2D eigenvalue weighted by molar-refractivity contribution is 9.10. The summed E-state index contributed by atoms with van der Waals surface area (Å²) in [5.41, 5.74) is 5.11. The van der Waals surface area contributed by atoms with E-state index in [1.165, 1.54) is 11.1 Å². The molecule has 11 heteroatoms. The molecule has 9 nitrogen and oxygen atoms in total. The maximum atomic E-state index is 12.9. The fourth-order valence-electron chi connectivity index (χ4n) is 5.68. The molecule has 0 saturated carbocycles. The first-order valence-electron chi connectivity index (χ1n) is 14.5. The van der Waals surface area contributed by atoms with Gasteiger partial charge in [-0.25, -0.2) is 4.98 Å². The number of rotatable bonds is 9. The Morgan fingerprint density at radius 2 is 1.67 bits per heavy atom. The van der Waals surface area contributed by atoms with E-state index >= 15 is 0 Å². The lowest BCUT2D eigenvalue weighted by molar-refractivity contribution is -0.133. The summed E-state index contributed by atoms with van der Waals surface area (Å²) in [7, 11) is 0. The lowest BCUT2D eigenvalue weighted by Crippen LogP contribution is -2.48. The van der Waals surface area contributed by atoms with Gasteiger partial charge in [-0.05, 0) is 47.9 Å². The van der Waals surface area contributed by atoms with E-state index < -0.39 is 0 Å². The number of aromatic nitrogens is 4. The van der Waals surface area contributed by atoms with Gasteiger partial charge in [0.2, 0.25) is 17.9 Å². The second-order valence-corrected chi connectivity index (χ2v) is 12.8. The molecule has 3 aromatic carbocycles. The molecule has 1 amide bonds. The molecular formula is C32H31BrN6O3S. The minimum atomic E-state index is 0.215. The molecule has 1 fully saturated rings. The van der Waals surface area contributed by atoms with Crippen molar-refractivity contribution in [1.82, 2.24) is 29.5 Å². The maximum absolute atomic E-state index is 12.9. The molecule has 220 valence electrons. The number of hydrogen-bond acceptors (Lipinski definition) is 8. The predicted molar refractivity (Wildman–Crippen MR) is 170 cm³/mol. The third-order valence-electron chi connectivity index (χ3n) is 7.94. The molecule has 7 rings (SSSR count). The molecule has 0 unspecified atom stereocenters. The van der Waals surface area contributed by atoms with Crippen LogP contribution in [0.5, 0.6) is 11.5 Å². The van der Waals surface area contributed by atoms with E-state index in [1.54, 1.807) is 11.8 Å². The highest BCUT2D eigenvalue weighted by atomic mass is 79.9. The summed E-state index contributed by atoms with van der Waals surface area (Å²) in [5.74, 6) is 2.59. The largest absolute Gasteiger partial charge is 0.454 e. The van der Waals surface area contributed by atoms with Crippen LogP contribution in [0.3, 0.4) is 0 Å². The number of piperazine rings is 1. The number of para-hydroxylation sites is 1. The number of ether oxygens (including phenoxy) is 2. The summed E-state index contributed by atoms with van der Waals surface area (Å²) in [5, 5.41) is 10.7. The summed E-state index contributed by atoms with van der Waals surface area (Å²) < 4.78 is 14.2. The van der Waals surface area contributed by atoms with Crippen molar-refractivity contribution < 1.29 is 14.3 Å². The molecule has 0 N–H and O–H groups in total. The number of benzene rings is 3. The van der Waals surface area contributed by atoms with Gasteiger partial charge in [-0.2, -0.15) is 0 Å². The van der Waals surface area contributed by atoms with Crippen LogP contribution in [0.1, 0.15) is 24.0 Å². The first kappa shape index (κ1) is 28.1. The first-order valence-corrected chi connectivity index (χ1v) is 16.3. The summed E-state index contributed by atoms with van der Waals surface area (Å²) in [6, 6.07) is 22.7. The van der Waals surface area contributed by atoms with Gasteiger partial charge in [0.25, 0.3) is 0 Å². The highest BCUT2D eigenvalue weighted by Gasteiger charge is 2.22. The molecule has 5 aromatic rings. The minimum Gasteiger partial charge on any atom is -0.454 e. The summed E-state index contributed by atoms with van der Waals surface area (Å²) in [4.78, 5) is 22.2. The Morgan fingerprint density at radius 1 is 0.884 bits per heavy atom. The molecular weight excluding hydrogens is 628 g/mol. The van der Waals surface area contributed by atoms with Gasteiger partial charge in [0.15, 0.2) is 17.1 Å². The number of thioether (sulfide) groups is 1.